The molecule has 1 aliphatic rings. The van der Waals surface area contributed by atoms with Gasteiger partial charge >= 0.3 is 0 Å². The molecule has 0 atom stereocenters. The van der Waals surface area contributed by atoms with Crippen LogP contribution in [0.1, 0.15) is 23.2 Å². The van der Waals surface area contributed by atoms with Crippen LogP contribution in [0.2, 0.25) is 0 Å². The zero-order chi connectivity index (χ0) is 10.7. The molecule has 80 valence electrons. The molecule has 1 aromatic rings. The highest BCUT2D eigenvalue weighted by atomic mass is 79.9. The summed E-state index contributed by atoms with van der Waals surface area (Å²) in [6, 6.07) is 4.00. The van der Waals surface area contributed by atoms with Gasteiger partial charge < -0.3 is 4.90 Å². The van der Waals surface area contributed by atoms with Crippen molar-refractivity contribution in [2.45, 2.75) is 18.9 Å². The van der Waals surface area contributed by atoms with Crippen molar-refractivity contribution in [1.82, 2.24) is 9.88 Å². The number of halogens is 1. The molecule has 1 heterocycles. The van der Waals surface area contributed by atoms with E-state index in [1.165, 1.54) is 0 Å². The highest BCUT2D eigenvalue weighted by Crippen LogP contribution is 2.28. The first kappa shape index (κ1) is 10.6. The van der Waals surface area contributed by atoms with Crippen LogP contribution in [-0.4, -0.2) is 33.7 Å². The summed E-state index contributed by atoms with van der Waals surface area (Å²) >= 11 is 3.38. The Bertz CT molecular complexity index is 338. The first-order chi connectivity index (χ1) is 7.33. The Kier molecular flexibility index (Phi) is 3.36. The maximum Gasteiger partial charge on any atom is 0.254 e. The maximum atomic E-state index is 12.1. The Morgan fingerprint density at radius 1 is 1.47 bits per heavy atom. The summed E-state index contributed by atoms with van der Waals surface area (Å²) in [5, 5.41) is 0.834. The molecule has 0 spiro atoms. The molecule has 0 aliphatic heterocycles. The van der Waals surface area contributed by atoms with Crippen molar-refractivity contribution in [2.24, 2.45) is 0 Å². The second-order valence-electron chi connectivity index (χ2n) is 3.65. The normalized spacial score (nSPS) is 15.0. The number of alkyl halides is 1. The van der Waals surface area contributed by atoms with Crippen molar-refractivity contribution in [3.63, 3.8) is 0 Å². The van der Waals surface area contributed by atoms with Crippen LogP contribution in [-0.2, 0) is 0 Å². The fraction of sp³-hybridized carbons (Fsp3) is 0.455. The van der Waals surface area contributed by atoms with Crippen LogP contribution in [0.4, 0.5) is 0 Å². The Labute approximate surface area is 97.6 Å². The van der Waals surface area contributed by atoms with E-state index >= 15 is 0 Å². The second-order valence-corrected chi connectivity index (χ2v) is 4.45. The number of pyridine rings is 1. The lowest BCUT2D eigenvalue weighted by atomic mass is 10.2. The van der Waals surface area contributed by atoms with Gasteiger partial charge in [-0.2, -0.15) is 0 Å². The lowest BCUT2D eigenvalue weighted by Gasteiger charge is -2.21. The molecule has 2 rings (SSSR count). The van der Waals surface area contributed by atoms with E-state index < -0.39 is 0 Å². The number of aromatic nitrogens is 1. The molecule has 1 saturated carbocycles. The van der Waals surface area contributed by atoms with E-state index in [2.05, 4.69) is 20.9 Å². The third kappa shape index (κ3) is 2.56. The molecule has 1 aliphatic carbocycles. The van der Waals surface area contributed by atoms with E-state index in [0.29, 0.717) is 6.04 Å². The third-order valence-electron chi connectivity index (χ3n) is 2.50. The van der Waals surface area contributed by atoms with Gasteiger partial charge in [-0.05, 0) is 25.0 Å². The van der Waals surface area contributed by atoms with Gasteiger partial charge in [0.05, 0.1) is 0 Å². The van der Waals surface area contributed by atoms with Crippen molar-refractivity contribution in [1.29, 1.82) is 0 Å². The fourth-order valence-electron chi connectivity index (χ4n) is 1.59. The zero-order valence-electron chi connectivity index (χ0n) is 8.40. The number of amides is 1. The van der Waals surface area contributed by atoms with E-state index in [9.17, 15) is 4.79 Å². The van der Waals surface area contributed by atoms with E-state index in [1.807, 2.05) is 4.90 Å². The van der Waals surface area contributed by atoms with Crippen LogP contribution in [0, 0.1) is 0 Å². The lowest BCUT2D eigenvalue weighted by molar-refractivity contribution is 0.0754. The molecule has 3 nitrogen and oxygen atoms in total. The van der Waals surface area contributed by atoms with Gasteiger partial charge in [-0.3, -0.25) is 9.78 Å². The van der Waals surface area contributed by atoms with Gasteiger partial charge in [-0.25, -0.2) is 0 Å². The third-order valence-corrected chi connectivity index (χ3v) is 2.86. The highest BCUT2D eigenvalue weighted by Gasteiger charge is 2.32. The minimum atomic E-state index is 0.124. The zero-order valence-corrected chi connectivity index (χ0v) is 9.98. The molecule has 4 heteroatoms. The predicted octanol–water partition coefficient (Wildman–Crippen LogP) is 2.08. The van der Waals surface area contributed by atoms with Crippen molar-refractivity contribution < 1.29 is 4.79 Å². The van der Waals surface area contributed by atoms with Gasteiger partial charge in [0.15, 0.2) is 0 Å². The van der Waals surface area contributed by atoms with Crippen molar-refractivity contribution in [3.05, 3.63) is 30.1 Å². The summed E-state index contributed by atoms with van der Waals surface area (Å²) in [5.74, 6) is 0.124. The van der Waals surface area contributed by atoms with Gasteiger partial charge in [0, 0.05) is 35.9 Å². The Balaban J connectivity index is 2.10. The molecule has 0 aromatic carbocycles. The van der Waals surface area contributed by atoms with E-state index in [4.69, 9.17) is 0 Å². The summed E-state index contributed by atoms with van der Waals surface area (Å²) in [5.41, 5.74) is 0.734. The monoisotopic (exact) mass is 268 g/mol. The summed E-state index contributed by atoms with van der Waals surface area (Å²) in [4.78, 5) is 18.0. The van der Waals surface area contributed by atoms with Gasteiger partial charge in [0.1, 0.15) is 0 Å². The highest BCUT2D eigenvalue weighted by molar-refractivity contribution is 9.09. The fourth-order valence-corrected chi connectivity index (χ4v) is 1.97. The summed E-state index contributed by atoms with van der Waals surface area (Å²) < 4.78 is 0. The molecule has 1 aromatic heterocycles. The topological polar surface area (TPSA) is 33.2 Å². The standard InChI is InChI=1S/C11H13BrN2O/c12-5-8-14(10-1-2-10)11(15)9-3-6-13-7-4-9/h3-4,6-7,10H,1-2,5,8H2. The average Bonchev–Trinajstić information content (AvgIpc) is 3.10. The molecule has 0 unspecified atom stereocenters. The van der Waals surface area contributed by atoms with E-state index in [0.717, 1.165) is 30.3 Å². The first-order valence-electron chi connectivity index (χ1n) is 5.10. The number of nitrogens with zero attached hydrogens (tertiary/aromatic N) is 2. The van der Waals surface area contributed by atoms with E-state index in [-0.39, 0.29) is 5.91 Å². The molecule has 1 amide bonds. The Morgan fingerprint density at radius 3 is 2.67 bits per heavy atom. The molecule has 0 N–H and O–H groups in total. The molecule has 0 saturated heterocycles. The van der Waals surface area contributed by atoms with Crippen LogP contribution in [0.15, 0.2) is 24.5 Å². The second kappa shape index (κ2) is 4.75. The maximum absolute atomic E-state index is 12.1. The molecular formula is C11H13BrN2O. The summed E-state index contributed by atoms with van der Waals surface area (Å²) in [7, 11) is 0. The predicted molar refractivity (Wildman–Crippen MR) is 62.1 cm³/mol. The Hall–Kier alpha value is -0.900. The number of hydrogen-bond donors (Lipinski definition) is 0. The molecule has 15 heavy (non-hydrogen) atoms. The van der Waals surface area contributed by atoms with E-state index in [1.54, 1.807) is 24.5 Å². The van der Waals surface area contributed by atoms with Crippen LogP contribution in [0.25, 0.3) is 0 Å². The number of carbonyl (C=O) groups is 1. The van der Waals surface area contributed by atoms with Crippen LogP contribution in [0.5, 0.6) is 0 Å². The van der Waals surface area contributed by atoms with Crippen LogP contribution >= 0.6 is 15.9 Å². The number of carbonyl (C=O) groups excluding carboxylic acids is 1. The molecule has 0 radical (unpaired) electrons. The van der Waals surface area contributed by atoms with Crippen molar-refractivity contribution in [2.75, 3.05) is 11.9 Å². The smallest absolute Gasteiger partial charge is 0.254 e. The lowest BCUT2D eigenvalue weighted by Crippen LogP contribution is -2.34. The Morgan fingerprint density at radius 2 is 2.13 bits per heavy atom. The molecule has 1 fully saturated rings. The van der Waals surface area contributed by atoms with Crippen molar-refractivity contribution >= 4 is 21.8 Å². The first-order valence-corrected chi connectivity index (χ1v) is 6.22. The van der Waals surface area contributed by atoms with Crippen LogP contribution in [0.3, 0.4) is 0 Å². The van der Waals surface area contributed by atoms with Crippen molar-refractivity contribution in [3.8, 4) is 0 Å². The van der Waals surface area contributed by atoms with Crippen LogP contribution < -0.4 is 0 Å². The number of rotatable bonds is 4. The average molecular weight is 269 g/mol. The van der Waals surface area contributed by atoms with Gasteiger partial charge in [-0.15, -0.1) is 0 Å². The molecule has 0 bridgehead atoms. The quantitative estimate of drug-likeness (QED) is 0.784. The minimum Gasteiger partial charge on any atom is -0.335 e. The summed E-state index contributed by atoms with van der Waals surface area (Å²) in [6.45, 7) is 0.784. The summed E-state index contributed by atoms with van der Waals surface area (Å²) in [6.07, 6.45) is 5.60. The largest absolute Gasteiger partial charge is 0.335 e. The SMILES string of the molecule is O=C(c1ccncc1)N(CCBr)C1CC1. The molecular weight excluding hydrogens is 256 g/mol. The van der Waals surface area contributed by atoms with Gasteiger partial charge in [-0.1, -0.05) is 15.9 Å². The van der Waals surface area contributed by atoms with Gasteiger partial charge in [0.25, 0.3) is 5.91 Å². The number of hydrogen-bond acceptors (Lipinski definition) is 2. The minimum absolute atomic E-state index is 0.124. The van der Waals surface area contributed by atoms with Gasteiger partial charge in [0.2, 0.25) is 0 Å².